The summed E-state index contributed by atoms with van der Waals surface area (Å²) in [6.07, 6.45) is 0. The van der Waals surface area contributed by atoms with Crippen LogP contribution in [-0.4, -0.2) is 4.92 Å². The number of rotatable bonds is 3. The van der Waals surface area contributed by atoms with Crippen LogP contribution in [0.5, 0.6) is 0 Å². The van der Waals surface area contributed by atoms with Crippen molar-refractivity contribution in [3.05, 3.63) is 82.2 Å². The Morgan fingerprint density at radius 1 is 1.00 bits per heavy atom. The summed E-state index contributed by atoms with van der Waals surface area (Å²) >= 11 is 0. The number of non-ortho nitro benzene ring substituents is 1. The smallest absolute Gasteiger partial charge is 0.258 e. The molecule has 0 aliphatic rings. The van der Waals surface area contributed by atoms with E-state index in [0.717, 1.165) is 11.1 Å². The molecule has 4 heteroatoms. The Kier molecular flexibility index (Phi) is 3.19. The summed E-state index contributed by atoms with van der Waals surface area (Å²) in [5, 5.41) is 10.5. The lowest BCUT2D eigenvalue weighted by Crippen LogP contribution is -1.90. The minimum Gasteiger partial charge on any atom is -0.258 e. The highest BCUT2D eigenvalue weighted by Crippen LogP contribution is 2.23. The second-order valence-electron chi connectivity index (χ2n) is 3.79. The van der Waals surface area contributed by atoms with Gasteiger partial charge in [0, 0.05) is 12.1 Å². The van der Waals surface area contributed by atoms with Crippen molar-refractivity contribution in [3.8, 4) is 0 Å². The fraction of sp³-hybridized carbons (Fsp3) is 0. The zero-order valence-corrected chi connectivity index (χ0v) is 9.47. The molecule has 0 amide bonds. The van der Waals surface area contributed by atoms with Gasteiger partial charge in [0.1, 0.15) is 5.82 Å². The minimum absolute atomic E-state index is 0.0330. The number of nitrogens with zero attached hydrogens (tertiary/aromatic N) is 1. The Labute approximate surface area is 103 Å². The average Bonchev–Trinajstić information content (AvgIpc) is 2.39. The molecule has 3 nitrogen and oxygen atoms in total. The van der Waals surface area contributed by atoms with Crippen molar-refractivity contribution in [2.24, 2.45) is 0 Å². The molecule has 0 N–H and O–H groups in total. The van der Waals surface area contributed by atoms with Gasteiger partial charge in [-0.3, -0.25) is 10.1 Å². The number of benzene rings is 2. The molecule has 0 spiro atoms. The summed E-state index contributed by atoms with van der Waals surface area (Å²) in [5.41, 5.74) is 2.29. The Morgan fingerprint density at radius 2 is 1.44 bits per heavy atom. The van der Waals surface area contributed by atoms with E-state index in [1.165, 1.54) is 24.3 Å². The normalized spacial score (nSPS) is 10.1. The second kappa shape index (κ2) is 4.79. The van der Waals surface area contributed by atoms with Crippen LogP contribution in [0, 0.1) is 15.9 Å². The molecule has 0 aromatic heterocycles. The highest BCUT2D eigenvalue weighted by molar-refractivity contribution is 5.78. The van der Waals surface area contributed by atoms with E-state index < -0.39 is 4.92 Å². The molecule has 2 aromatic carbocycles. The fourth-order valence-electron chi connectivity index (χ4n) is 1.60. The zero-order valence-electron chi connectivity index (χ0n) is 9.47. The summed E-state index contributed by atoms with van der Waals surface area (Å²) in [4.78, 5) is 10.1. The van der Waals surface area contributed by atoms with Crippen LogP contribution in [0.15, 0.2) is 55.1 Å². The highest BCUT2D eigenvalue weighted by Gasteiger charge is 2.07. The number of halogens is 1. The zero-order chi connectivity index (χ0) is 13.1. The van der Waals surface area contributed by atoms with Crippen molar-refractivity contribution >= 4 is 11.3 Å². The third kappa shape index (κ3) is 2.43. The Morgan fingerprint density at radius 3 is 1.89 bits per heavy atom. The predicted octanol–water partition coefficient (Wildman–Crippen LogP) is 3.80. The van der Waals surface area contributed by atoms with Crippen LogP contribution < -0.4 is 0 Å². The molecule has 0 bridgehead atoms. The van der Waals surface area contributed by atoms with Gasteiger partial charge in [0.2, 0.25) is 0 Å². The van der Waals surface area contributed by atoms with Crippen molar-refractivity contribution < 1.29 is 9.31 Å². The number of nitro benzene ring substituents is 1. The van der Waals surface area contributed by atoms with Crippen molar-refractivity contribution in [1.82, 2.24) is 0 Å². The molecule has 0 atom stereocenters. The standard InChI is InChI=1S/C14H10FNO2/c1-10(11-2-6-13(15)7-3-11)12-4-8-14(9-5-12)16(17)18/h2-9H,1H2. The van der Waals surface area contributed by atoms with Crippen LogP contribution >= 0.6 is 0 Å². The molecule has 2 rings (SSSR count). The van der Waals surface area contributed by atoms with E-state index in [2.05, 4.69) is 6.58 Å². The third-order valence-corrected chi connectivity index (χ3v) is 2.62. The van der Waals surface area contributed by atoms with E-state index in [-0.39, 0.29) is 11.5 Å². The first-order chi connectivity index (χ1) is 8.58. The van der Waals surface area contributed by atoms with Crippen molar-refractivity contribution in [1.29, 1.82) is 0 Å². The van der Waals surface area contributed by atoms with Gasteiger partial charge in [0.25, 0.3) is 5.69 Å². The Bertz CT molecular complexity index is 588. The van der Waals surface area contributed by atoms with Crippen LogP contribution in [0.2, 0.25) is 0 Å². The topological polar surface area (TPSA) is 43.1 Å². The maximum Gasteiger partial charge on any atom is 0.269 e. The lowest BCUT2D eigenvalue weighted by molar-refractivity contribution is -0.384. The van der Waals surface area contributed by atoms with E-state index >= 15 is 0 Å². The first-order valence-electron chi connectivity index (χ1n) is 5.27. The van der Waals surface area contributed by atoms with E-state index in [4.69, 9.17) is 0 Å². The highest BCUT2D eigenvalue weighted by atomic mass is 19.1. The van der Waals surface area contributed by atoms with Gasteiger partial charge in [-0.15, -0.1) is 0 Å². The van der Waals surface area contributed by atoms with Gasteiger partial charge >= 0.3 is 0 Å². The van der Waals surface area contributed by atoms with Gasteiger partial charge in [-0.05, 0) is 41.0 Å². The van der Waals surface area contributed by atoms with E-state index in [0.29, 0.717) is 5.57 Å². The third-order valence-electron chi connectivity index (χ3n) is 2.62. The molecule has 2 aromatic rings. The fourth-order valence-corrected chi connectivity index (χ4v) is 1.60. The lowest BCUT2D eigenvalue weighted by atomic mass is 9.99. The van der Waals surface area contributed by atoms with Crippen LogP contribution in [-0.2, 0) is 0 Å². The van der Waals surface area contributed by atoms with Gasteiger partial charge in [-0.25, -0.2) is 4.39 Å². The monoisotopic (exact) mass is 243 g/mol. The lowest BCUT2D eigenvalue weighted by Gasteiger charge is -2.05. The SMILES string of the molecule is C=C(c1ccc(F)cc1)c1ccc([N+](=O)[O-])cc1. The molecule has 0 aliphatic carbocycles. The van der Waals surface area contributed by atoms with Crippen LogP contribution in [0.1, 0.15) is 11.1 Å². The maximum absolute atomic E-state index is 12.8. The Hall–Kier alpha value is -2.49. The van der Waals surface area contributed by atoms with Gasteiger partial charge in [0.05, 0.1) is 4.92 Å². The molecular formula is C14H10FNO2. The molecular weight excluding hydrogens is 233 g/mol. The molecule has 0 unspecified atom stereocenters. The van der Waals surface area contributed by atoms with E-state index in [1.807, 2.05) is 0 Å². The molecule has 0 saturated carbocycles. The molecule has 18 heavy (non-hydrogen) atoms. The summed E-state index contributed by atoms with van der Waals surface area (Å²) in [6.45, 7) is 3.91. The first-order valence-corrected chi connectivity index (χ1v) is 5.27. The van der Waals surface area contributed by atoms with E-state index in [9.17, 15) is 14.5 Å². The summed E-state index contributed by atoms with van der Waals surface area (Å²) in [6, 6.07) is 12.1. The quantitative estimate of drug-likeness (QED) is 0.608. The van der Waals surface area contributed by atoms with Crippen LogP contribution in [0.4, 0.5) is 10.1 Å². The number of hydrogen-bond donors (Lipinski definition) is 0. The van der Waals surface area contributed by atoms with Crippen molar-refractivity contribution in [2.45, 2.75) is 0 Å². The average molecular weight is 243 g/mol. The van der Waals surface area contributed by atoms with Crippen molar-refractivity contribution in [2.75, 3.05) is 0 Å². The predicted molar refractivity (Wildman–Crippen MR) is 67.6 cm³/mol. The molecule has 0 radical (unpaired) electrons. The van der Waals surface area contributed by atoms with Gasteiger partial charge < -0.3 is 0 Å². The van der Waals surface area contributed by atoms with Gasteiger partial charge in [-0.1, -0.05) is 18.7 Å². The van der Waals surface area contributed by atoms with Gasteiger partial charge in [0.15, 0.2) is 0 Å². The molecule has 0 saturated heterocycles. The molecule has 0 heterocycles. The second-order valence-corrected chi connectivity index (χ2v) is 3.79. The van der Waals surface area contributed by atoms with Crippen LogP contribution in [0.3, 0.4) is 0 Å². The first kappa shape index (κ1) is 12.0. The largest absolute Gasteiger partial charge is 0.269 e. The van der Waals surface area contributed by atoms with Gasteiger partial charge in [-0.2, -0.15) is 0 Å². The summed E-state index contributed by atoms with van der Waals surface area (Å²) < 4.78 is 12.8. The van der Waals surface area contributed by atoms with Crippen LogP contribution in [0.25, 0.3) is 5.57 Å². The molecule has 0 fully saturated rings. The molecule has 0 aliphatic heterocycles. The number of hydrogen-bond acceptors (Lipinski definition) is 2. The maximum atomic E-state index is 12.8. The molecule has 90 valence electrons. The Balaban J connectivity index is 2.28. The van der Waals surface area contributed by atoms with E-state index in [1.54, 1.807) is 24.3 Å². The number of nitro groups is 1. The summed E-state index contributed by atoms with van der Waals surface area (Å²) in [7, 11) is 0. The minimum atomic E-state index is -0.454. The summed E-state index contributed by atoms with van der Waals surface area (Å²) in [5.74, 6) is -0.310. The van der Waals surface area contributed by atoms with Crippen molar-refractivity contribution in [3.63, 3.8) is 0 Å².